The van der Waals surface area contributed by atoms with Crippen LogP contribution in [0.15, 0.2) is 36.5 Å². The summed E-state index contributed by atoms with van der Waals surface area (Å²) in [4.78, 5) is 22.8. The number of ether oxygens (including phenoxy) is 1. The number of halogens is 1. The number of pyridine rings is 1. The number of benzene rings is 1. The first-order valence-corrected chi connectivity index (χ1v) is 11.8. The standard InChI is InChI=1S/C25H31FN4O3/c1-2-33-24(32)30-16-25(17-30)8-7-19(14-25)28-9-11-29(12-10-28)21-13-18(26)15-27-23(21)20-5-3-4-6-22(20)31/h3-6,13,15,19,31H,2,7-12,14,16-17H2,1H3/t19-/m1/s1. The van der Waals surface area contributed by atoms with Crippen LogP contribution >= 0.6 is 0 Å². The van der Waals surface area contributed by atoms with Crippen molar-refractivity contribution in [2.45, 2.75) is 32.2 Å². The fourth-order valence-corrected chi connectivity index (χ4v) is 5.76. The molecule has 1 aliphatic carbocycles. The number of carbonyl (C=O) groups excluding carboxylic acids is 1. The number of para-hydroxylation sites is 1. The minimum absolute atomic E-state index is 0.144. The molecule has 33 heavy (non-hydrogen) atoms. The van der Waals surface area contributed by atoms with Gasteiger partial charge in [-0.2, -0.15) is 0 Å². The molecule has 176 valence electrons. The summed E-state index contributed by atoms with van der Waals surface area (Å²) >= 11 is 0. The van der Waals surface area contributed by atoms with Gasteiger partial charge in [0.15, 0.2) is 0 Å². The Balaban J connectivity index is 1.22. The van der Waals surface area contributed by atoms with Gasteiger partial charge in [-0.15, -0.1) is 0 Å². The molecule has 2 aliphatic heterocycles. The second-order valence-corrected chi connectivity index (χ2v) is 9.51. The van der Waals surface area contributed by atoms with E-state index in [0.717, 1.165) is 64.2 Å². The van der Waals surface area contributed by atoms with Crippen molar-refractivity contribution in [3.63, 3.8) is 0 Å². The Morgan fingerprint density at radius 3 is 2.73 bits per heavy atom. The summed E-state index contributed by atoms with van der Waals surface area (Å²) in [5.41, 5.74) is 2.20. The van der Waals surface area contributed by atoms with Gasteiger partial charge in [-0.1, -0.05) is 12.1 Å². The van der Waals surface area contributed by atoms with E-state index in [0.29, 0.717) is 23.9 Å². The Morgan fingerprint density at radius 2 is 2.00 bits per heavy atom. The number of aromatic hydroxyl groups is 1. The van der Waals surface area contributed by atoms with E-state index < -0.39 is 0 Å². The molecule has 1 amide bonds. The summed E-state index contributed by atoms with van der Waals surface area (Å²) in [7, 11) is 0. The number of hydrogen-bond acceptors (Lipinski definition) is 6. The predicted octanol–water partition coefficient (Wildman–Crippen LogP) is 3.73. The average molecular weight is 455 g/mol. The van der Waals surface area contributed by atoms with Crippen LogP contribution in [0, 0.1) is 11.2 Å². The van der Waals surface area contributed by atoms with Gasteiger partial charge in [-0.3, -0.25) is 9.88 Å². The lowest BCUT2D eigenvalue weighted by atomic mass is 9.78. The number of amides is 1. The highest BCUT2D eigenvalue weighted by atomic mass is 19.1. The van der Waals surface area contributed by atoms with Crippen LogP contribution in [0.25, 0.3) is 11.3 Å². The van der Waals surface area contributed by atoms with Crippen molar-refractivity contribution in [3.05, 3.63) is 42.3 Å². The smallest absolute Gasteiger partial charge is 0.409 e. The maximum absolute atomic E-state index is 14.1. The second-order valence-electron chi connectivity index (χ2n) is 9.51. The number of rotatable bonds is 4. The Morgan fingerprint density at radius 1 is 1.24 bits per heavy atom. The van der Waals surface area contributed by atoms with Crippen molar-refractivity contribution in [1.29, 1.82) is 0 Å². The van der Waals surface area contributed by atoms with E-state index in [4.69, 9.17) is 4.74 Å². The summed E-state index contributed by atoms with van der Waals surface area (Å²) in [5, 5.41) is 10.3. The summed E-state index contributed by atoms with van der Waals surface area (Å²) in [6.07, 6.45) is 4.44. The predicted molar refractivity (Wildman–Crippen MR) is 124 cm³/mol. The van der Waals surface area contributed by atoms with E-state index in [9.17, 15) is 14.3 Å². The third kappa shape index (κ3) is 4.24. The Labute approximate surface area is 193 Å². The van der Waals surface area contributed by atoms with Gasteiger partial charge in [0.1, 0.15) is 11.6 Å². The van der Waals surface area contributed by atoms with Gasteiger partial charge in [0.05, 0.1) is 24.2 Å². The summed E-state index contributed by atoms with van der Waals surface area (Å²) in [6, 6.07) is 9.10. The molecule has 1 N–H and O–H groups in total. The molecule has 2 saturated heterocycles. The van der Waals surface area contributed by atoms with Crippen molar-refractivity contribution in [1.82, 2.24) is 14.8 Å². The van der Waals surface area contributed by atoms with Gasteiger partial charge in [-0.05, 0) is 38.3 Å². The Bertz CT molecular complexity index is 1020. The molecule has 2 aromatic rings. The molecule has 0 unspecified atom stereocenters. The van der Waals surface area contributed by atoms with Gasteiger partial charge in [-0.25, -0.2) is 9.18 Å². The normalized spacial score (nSPS) is 22.4. The van der Waals surface area contributed by atoms with Gasteiger partial charge in [0.25, 0.3) is 0 Å². The van der Waals surface area contributed by atoms with E-state index >= 15 is 0 Å². The largest absolute Gasteiger partial charge is 0.507 e. The molecule has 0 radical (unpaired) electrons. The Kier molecular flexibility index (Phi) is 5.86. The lowest BCUT2D eigenvalue weighted by Crippen LogP contribution is -2.58. The molecule has 3 heterocycles. The van der Waals surface area contributed by atoms with E-state index in [1.807, 2.05) is 24.0 Å². The quantitative estimate of drug-likeness (QED) is 0.759. The highest BCUT2D eigenvalue weighted by molar-refractivity contribution is 5.79. The number of phenols is 1. The molecular formula is C25H31FN4O3. The zero-order valence-corrected chi connectivity index (χ0v) is 19.0. The first-order chi connectivity index (χ1) is 16.0. The molecule has 1 spiro atoms. The minimum atomic E-state index is -0.375. The molecule has 1 aromatic heterocycles. The Hall–Kier alpha value is -2.87. The lowest BCUT2D eigenvalue weighted by molar-refractivity contribution is -0.00294. The number of piperazine rings is 1. The van der Waals surface area contributed by atoms with Gasteiger partial charge < -0.3 is 19.6 Å². The molecule has 8 heteroatoms. The molecule has 1 atom stereocenters. The maximum atomic E-state index is 14.1. The average Bonchev–Trinajstić information content (AvgIpc) is 3.25. The first-order valence-electron chi connectivity index (χ1n) is 11.8. The summed E-state index contributed by atoms with van der Waals surface area (Å²) in [6.45, 7) is 7.24. The molecule has 3 fully saturated rings. The van der Waals surface area contributed by atoms with Crippen LogP contribution in [-0.2, 0) is 4.74 Å². The van der Waals surface area contributed by atoms with E-state index in [-0.39, 0.29) is 23.1 Å². The number of anilines is 1. The zero-order valence-electron chi connectivity index (χ0n) is 19.0. The van der Waals surface area contributed by atoms with Gasteiger partial charge in [0, 0.05) is 62.4 Å². The van der Waals surface area contributed by atoms with Crippen LogP contribution in [0.2, 0.25) is 0 Å². The van der Waals surface area contributed by atoms with Gasteiger partial charge in [0.2, 0.25) is 0 Å². The number of carbonyl (C=O) groups is 1. The number of hydrogen-bond donors (Lipinski definition) is 1. The van der Waals surface area contributed by atoms with Crippen LogP contribution < -0.4 is 4.90 Å². The van der Waals surface area contributed by atoms with E-state index in [2.05, 4.69) is 14.8 Å². The van der Waals surface area contributed by atoms with E-state index in [1.54, 1.807) is 12.1 Å². The van der Waals surface area contributed by atoms with Crippen LogP contribution in [0.4, 0.5) is 14.9 Å². The van der Waals surface area contributed by atoms with E-state index in [1.165, 1.54) is 12.3 Å². The maximum Gasteiger partial charge on any atom is 0.409 e. The van der Waals surface area contributed by atoms with Crippen LogP contribution in [0.5, 0.6) is 5.75 Å². The lowest BCUT2D eigenvalue weighted by Gasteiger charge is -2.48. The number of nitrogens with zero attached hydrogens (tertiary/aromatic N) is 4. The number of likely N-dealkylation sites (tertiary alicyclic amines) is 1. The fraction of sp³-hybridized carbons (Fsp3) is 0.520. The highest BCUT2D eigenvalue weighted by Gasteiger charge is 2.51. The fourth-order valence-electron chi connectivity index (χ4n) is 5.76. The highest BCUT2D eigenvalue weighted by Crippen LogP contribution is 2.47. The van der Waals surface area contributed by atoms with Crippen molar-refractivity contribution in [2.24, 2.45) is 5.41 Å². The minimum Gasteiger partial charge on any atom is -0.507 e. The van der Waals surface area contributed by atoms with Crippen molar-refractivity contribution in [2.75, 3.05) is 50.8 Å². The zero-order chi connectivity index (χ0) is 23.0. The van der Waals surface area contributed by atoms with Crippen molar-refractivity contribution in [3.8, 4) is 17.0 Å². The monoisotopic (exact) mass is 454 g/mol. The molecular weight excluding hydrogens is 423 g/mol. The second kappa shape index (κ2) is 8.82. The molecule has 5 rings (SSSR count). The first kappa shape index (κ1) is 21.9. The number of phenolic OH excluding ortho intramolecular Hbond substituents is 1. The molecule has 1 saturated carbocycles. The van der Waals surface area contributed by atoms with Crippen LogP contribution in [-0.4, -0.2) is 77.9 Å². The summed E-state index contributed by atoms with van der Waals surface area (Å²) in [5.74, 6) is -0.231. The van der Waals surface area contributed by atoms with Crippen molar-refractivity contribution < 1.29 is 19.0 Å². The molecule has 3 aliphatic rings. The van der Waals surface area contributed by atoms with Crippen molar-refractivity contribution >= 4 is 11.8 Å². The SMILES string of the molecule is CCOC(=O)N1CC2(CC[C@@H](N3CCN(c4cc(F)cnc4-c4ccccc4O)CC3)C2)C1. The molecule has 0 bridgehead atoms. The molecule has 7 nitrogen and oxygen atoms in total. The molecule has 1 aromatic carbocycles. The van der Waals surface area contributed by atoms with Crippen LogP contribution in [0.3, 0.4) is 0 Å². The third-order valence-corrected chi connectivity index (χ3v) is 7.42. The summed E-state index contributed by atoms with van der Waals surface area (Å²) < 4.78 is 19.2. The van der Waals surface area contributed by atoms with Crippen LogP contribution in [0.1, 0.15) is 26.2 Å². The number of aromatic nitrogens is 1. The third-order valence-electron chi connectivity index (χ3n) is 7.42. The van der Waals surface area contributed by atoms with Gasteiger partial charge >= 0.3 is 6.09 Å². The topological polar surface area (TPSA) is 69.1 Å².